The molecule has 0 spiro atoms. The van der Waals surface area contributed by atoms with Crippen LogP contribution in [-0.2, 0) is 0 Å². The van der Waals surface area contributed by atoms with Gasteiger partial charge in [0.1, 0.15) is 11.8 Å². The Morgan fingerprint density at radius 1 is 0.806 bits per heavy atom. The second-order valence-electron chi connectivity index (χ2n) is 9.42. The minimum atomic E-state index is -1.95. The Kier molecular flexibility index (Phi) is 7.00. The van der Waals surface area contributed by atoms with E-state index in [2.05, 4.69) is 69.5 Å². The highest BCUT2D eigenvalue weighted by atomic mass is 28.4. The molecule has 3 rings (SSSR count). The van der Waals surface area contributed by atoms with Gasteiger partial charge < -0.3 is 4.43 Å². The lowest BCUT2D eigenvalue weighted by atomic mass is 9.96. The first-order valence-corrected chi connectivity index (χ1v) is 13.7. The van der Waals surface area contributed by atoms with Gasteiger partial charge in [-0.1, -0.05) is 93.6 Å². The van der Waals surface area contributed by atoms with Crippen molar-refractivity contribution in [2.45, 2.75) is 51.0 Å². The minimum Gasteiger partial charge on any atom is -0.543 e. The molecule has 3 aromatic rings. The molecule has 4 heteroatoms. The summed E-state index contributed by atoms with van der Waals surface area (Å²) >= 11 is 0. The highest BCUT2D eigenvalue weighted by Gasteiger charge is 2.39. The van der Waals surface area contributed by atoms with Crippen LogP contribution >= 0.6 is 0 Å². The summed E-state index contributed by atoms with van der Waals surface area (Å²) < 4.78 is 6.48. The maximum absolute atomic E-state index is 10.0. The summed E-state index contributed by atoms with van der Waals surface area (Å²) in [5.74, 6) is 0.835. The highest BCUT2D eigenvalue weighted by molar-refractivity contribution is 6.74. The lowest BCUT2D eigenvalue weighted by molar-refractivity contribution is 0.490. The minimum absolute atomic E-state index is 0.0861. The van der Waals surface area contributed by atoms with E-state index in [4.69, 9.17) is 4.43 Å². The molecule has 31 heavy (non-hydrogen) atoms. The molecule has 160 valence electrons. The topological polar surface area (TPSA) is 45.0 Å². The number of nitriles is 1. The molecule has 0 aromatic heterocycles. The monoisotopic (exact) mass is 428 g/mol. The molecule has 0 radical (unpaired) electrons. The van der Waals surface area contributed by atoms with Crippen LogP contribution in [0.3, 0.4) is 0 Å². The molecule has 0 aliphatic heterocycles. The quantitative estimate of drug-likeness (QED) is 0.411. The molecule has 3 aromatic carbocycles. The van der Waals surface area contributed by atoms with Gasteiger partial charge in [-0.3, -0.25) is 5.32 Å². The number of hydrogen-bond acceptors (Lipinski definition) is 3. The van der Waals surface area contributed by atoms with Crippen molar-refractivity contribution in [3.05, 3.63) is 102 Å². The molecule has 0 amide bonds. The fraction of sp³-hybridized carbons (Fsp3) is 0.296. The Balaban J connectivity index is 1.90. The zero-order chi connectivity index (χ0) is 22.5. The summed E-state index contributed by atoms with van der Waals surface area (Å²) in [5, 5.41) is 13.7. The Labute approximate surface area is 187 Å². The highest BCUT2D eigenvalue weighted by Crippen LogP contribution is 2.38. The molecule has 1 N–H and O–H groups in total. The van der Waals surface area contributed by atoms with E-state index >= 15 is 0 Å². The van der Waals surface area contributed by atoms with Crippen molar-refractivity contribution in [3.8, 4) is 11.8 Å². The first kappa shape index (κ1) is 22.8. The summed E-state index contributed by atoms with van der Waals surface area (Å²) in [5.41, 5.74) is 3.17. The van der Waals surface area contributed by atoms with Crippen molar-refractivity contribution in [3.63, 3.8) is 0 Å². The molecule has 0 unspecified atom stereocenters. The van der Waals surface area contributed by atoms with Gasteiger partial charge in [0.05, 0.1) is 12.1 Å². The van der Waals surface area contributed by atoms with E-state index in [1.165, 1.54) is 0 Å². The fourth-order valence-corrected chi connectivity index (χ4v) is 4.28. The predicted octanol–water partition coefficient (Wildman–Crippen LogP) is 7.01. The molecule has 0 saturated carbocycles. The maximum Gasteiger partial charge on any atom is 0.250 e. The average molecular weight is 429 g/mol. The normalized spacial score (nSPS) is 12.9. The second-order valence-corrected chi connectivity index (χ2v) is 14.1. The maximum atomic E-state index is 10.0. The SMILES string of the molecule is CC(C)(C)[Si](C)(C)Oc1cccc([C@H](C#N)NC(c2ccccc2)c2ccccc2)c1. The number of nitrogens with one attached hydrogen (secondary N) is 1. The van der Waals surface area contributed by atoms with Crippen LogP contribution in [-0.4, -0.2) is 8.32 Å². The molecular weight excluding hydrogens is 396 g/mol. The van der Waals surface area contributed by atoms with Crippen LogP contribution in [0.4, 0.5) is 0 Å². The van der Waals surface area contributed by atoms with Crippen molar-refractivity contribution in [1.82, 2.24) is 5.32 Å². The lowest BCUT2D eigenvalue weighted by Gasteiger charge is -2.36. The van der Waals surface area contributed by atoms with Crippen molar-refractivity contribution in [2.75, 3.05) is 0 Å². The summed E-state index contributed by atoms with van der Waals surface area (Å²) in [4.78, 5) is 0. The first-order chi connectivity index (χ1) is 14.7. The predicted molar refractivity (Wildman–Crippen MR) is 130 cm³/mol. The van der Waals surface area contributed by atoms with Gasteiger partial charge in [0.25, 0.3) is 0 Å². The largest absolute Gasteiger partial charge is 0.543 e. The summed E-state index contributed by atoms with van der Waals surface area (Å²) in [6.07, 6.45) is 0. The number of benzene rings is 3. The molecule has 0 heterocycles. The van der Waals surface area contributed by atoms with Gasteiger partial charge in [-0.2, -0.15) is 5.26 Å². The molecule has 0 bridgehead atoms. The van der Waals surface area contributed by atoms with E-state index < -0.39 is 14.4 Å². The van der Waals surface area contributed by atoms with Gasteiger partial charge in [-0.15, -0.1) is 0 Å². The van der Waals surface area contributed by atoms with Gasteiger partial charge in [0.15, 0.2) is 0 Å². The number of hydrogen-bond donors (Lipinski definition) is 1. The molecule has 0 fully saturated rings. The van der Waals surface area contributed by atoms with Crippen molar-refractivity contribution < 1.29 is 4.43 Å². The van der Waals surface area contributed by atoms with Gasteiger partial charge in [-0.25, -0.2) is 0 Å². The summed E-state index contributed by atoms with van der Waals surface area (Å²) in [6.45, 7) is 11.2. The van der Waals surface area contributed by atoms with E-state index in [-0.39, 0.29) is 11.1 Å². The standard InChI is InChI=1S/C27H32N2OSi/c1-27(2,3)31(4,5)30-24-18-12-17-23(19-24)25(20-28)29-26(21-13-8-6-9-14-21)22-15-10-7-11-16-22/h6-19,25-26,29H,1-5H3/t25-/m0/s1. The van der Waals surface area contributed by atoms with Crippen LogP contribution in [0.1, 0.15) is 49.5 Å². The smallest absolute Gasteiger partial charge is 0.250 e. The van der Waals surface area contributed by atoms with Crippen LogP contribution in [0, 0.1) is 11.3 Å². The van der Waals surface area contributed by atoms with Crippen LogP contribution in [0.25, 0.3) is 0 Å². The fourth-order valence-electron chi connectivity index (χ4n) is 3.26. The van der Waals surface area contributed by atoms with E-state index in [0.717, 1.165) is 22.4 Å². The van der Waals surface area contributed by atoms with Crippen molar-refractivity contribution in [1.29, 1.82) is 5.26 Å². The Morgan fingerprint density at radius 3 is 1.81 bits per heavy atom. The third kappa shape index (κ3) is 5.64. The Hall–Kier alpha value is -2.87. The average Bonchev–Trinajstić information content (AvgIpc) is 2.75. The Morgan fingerprint density at radius 2 is 1.32 bits per heavy atom. The molecule has 0 saturated heterocycles. The van der Waals surface area contributed by atoms with E-state index in [9.17, 15) is 5.26 Å². The van der Waals surface area contributed by atoms with Crippen LogP contribution in [0.2, 0.25) is 18.1 Å². The number of nitrogens with zero attached hydrogens (tertiary/aromatic N) is 1. The van der Waals surface area contributed by atoms with Crippen molar-refractivity contribution in [2.24, 2.45) is 0 Å². The van der Waals surface area contributed by atoms with Gasteiger partial charge in [0, 0.05) is 0 Å². The number of rotatable bonds is 7. The zero-order valence-corrected chi connectivity index (χ0v) is 20.1. The lowest BCUT2D eigenvalue weighted by Crippen LogP contribution is -2.43. The van der Waals surface area contributed by atoms with E-state index in [1.807, 2.05) is 60.7 Å². The van der Waals surface area contributed by atoms with E-state index in [0.29, 0.717) is 0 Å². The first-order valence-electron chi connectivity index (χ1n) is 10.8. The summed E-state index contributed by atoms with van der Waals surface area (Å²) in [7, 11) is -1.95. The van der Waals surface area contributed by atoms with E-state index in [1.54, 1.807) is 0 Å². The molecule has 1 atom stereocenters. The molecule has 0 aliphatic carbocycles. The Bertz CT molecular complexity index is 981. The van der Waals surface area contributed by atoms with Gasteiger partial charge in [-0.05, 0) is 47.0 Å². The van der Waals surface area contributed by atoms with Crippen LogP contribution < -0.4 is 9.74 Å². The second kappa shape index (κ2) is 9.51. The molecular formula is C27H32N2OSi. The third-order valence-electron chi connectivity index (χ3n) is 6.10. The molecule has 3 nitrogen and oxygen atoms in total. The van der Waals surface area contributed by atoms with Crippen LogP contribution in [0.5, 0.6) is 5.75 Å². The molecule has 0 aliphatic rings. The third-order valence-corrected chi connectivity index (χ3v) is 10.5. The van der Waals surface area contributed by atoms with Crippen LogP contribution in [0.15, 0.2) is 84.9 Å². The van der Waals surface area contributed by atoms with Gasteiger partial charge in [0.2, 0.25) is 8.32 Å². The van der Waals surface area contributed by atoms with Gasteiger partial charge >= 0.3 is 0 Å². The summed E-state index contributed by atoms with van der Waals surface area (Å²) in [6, 6.07) is 30.4. The zero-order valence-electron chi connectivity index (χ0n) is 19.1. The van der Waals surface area contributed by atoms with Crippen molar-refractivity contribution >= 4 is 8.32 Å².